The van der Waals surface area contributed by atoms with Crippen molar-refractivity contribution in [1.82, 2.24) is 9.55 Å². The molecule has 0 N–H and O–H groups in total. The van der Waals surface area contributed by atoms with Crippen LogP contribution >= 0.6 is 38.9 Å². The Balaban J connectivity index is 1.79. The SMILES string of the molecule is Cc1sc2ncn(CC(=O)c3ccc(Br)cc3)c(=O)c2c1-c1ccc(Cl)cc1. The molecule has 0 unspecified atom stereocenters. The standard InChI is InChI=1S/C21H14BrClN2O2S/c1-12-18(14-4-8-16(23)9-5-14)19-20(28-12)24-11-25(21(19)27)10-17(26)13-2-6-15(22)7-3-13/h2-9,11H,10H2,1H3. The van der Waals surface area contributed by atoms with Gasteiger partial charge in [-0.15, -0.1) is 11.3 Å². The molecule has 2 aromatic heterocycles. The molecule has 0 spiro atoms. The summed E-state index contributed by atoms with van der Waals surface area (Å²) in [7, 11) is 0. The second kappa shape index (κ2) is 7.62. The van der Waals surface area contributed by atoms with Crippen LogP contribution in [0, 0.1) is 6.92 Å². The van der Waals surface area contributed by atoms with Gasteiger partial charge in [-0.1, -0.05) is 51.8 Å². The quantitative estimate of drug-likeness (QED) is 0.356. The number of thiophene rings is 1. The molecule has 4 aromatic rings. The number of aromatic nitrogens is 2. The van der Waals surface area contributed by atoms with E-state index in [1.54, 1.807) is 36.4 Å². The molecule has 0 radical (unpaired) electrons. The zero-order valence-electron chi connectivity index (χ0n) is 14.8. The number of ketones is 1. The number of halogens is 2. The van der Waals surface area contributed by atoms with Gasteiger partial charge >= 0.3 is 0 Å². The molecule has 0 amide bonds. The van der Waals surface area contributed by atoms with Crippen molar-refractivity contribution in [2.24, 2.45) is 0 Å². The molecule has 2 heterocycles. The lowest BCUT2D eigenvalue weighted by molar-refractivity contribution is 0.0970. The van der Waals surface area contributed by atoms with Gasteiger partial charge in [-0.2, -0.15) is 0 Å². The van der Waals surface area contributed by atoms with Gasteiger partial charge in [0.1, 0.15) is 4.83 Å². The van der Waals surface area contributed by atoms with E-state index in [9.17, 15) is 9.59 Å². The third-order valence-corrected chi connectivity index (χ3v) is 6.26. The first-order valence-corrected chi connectivity index (χ1v) is 10.5. The monoisotopic (exact) mass is 472 g/mol. The minimum atomic E-state index is -0.218. The van der Waals surface area contributed by atoms with Crippen molar-refractivity contribution in [3.8, 4) is 11.1 Å². The number of benzene rings is 2. The summed E-state index contributed by atoms with van der Waals surface area (Å²) in [5, 5.41) is 1.17. The molecule has 28 heavy (non-hydrogen) atoms. The van der Waals surface area contributed by atoms with Gasteiger partial charge in [-0.3, -0.25) is 14.2 Å². The molecule has 2 aromatic carbocycles. The van der Waals surface area contributed by atoms with Crippen molar-refractivity contribution in [3.05, 3.63) is 85.1 Å². The maximum absolute atomic E-state index is 13.2. The molecule has 0 bridgehead atoms. The number of carbonyl (C=O) groups is 1. The highest BCUT2D eigenvalue weighted by Gasteiger charge is 2.18. The zero-order chi connectivity index (χ0) is 19.8. The Morgan fingerprint density at radius 1 is 1.14 bits per heavy atom. The topological polar surface area (TPSA) is 52.0 Å². The summed E-state index contributed by atoms with van der Waals surface area (Å²) in [5.41, 5.74) is 2.09. The van der Waals surface area contributed by atoms with Gasteiger partial charge in [-0.25, -0.2) is 4.98 Å². The number of hydrogen-bond acceptors (Lipinski definition) is 4. The molecule has 0 aliphatic rings. The Kier molecular flexibility index (Phi) is 5.19. The van der Waals surface area contributed by atoms with Crippen molar-refractivity contribution in [2.75, 3.05) is 0 Å². The molecule has 0 saturated carbocycles. The second-order valence-corrected chi connectivity index (χ2v) is 8.88. The van der Waals surface area contributed by atoms with E-state index in [0.29, 0.717) is 20.8 Å². The average Bonchev–Trinajstić information content (AvgIpc) is 3.02. The van der Waals surface area contributed by atoms with Crippen molar-refractivity contribution >= 4 is 54.9 Å². The lowest BCUT2D eigenvalue weighted by Crippen LogP contribution is -2.24. The minimum Gasteiger partial charge on any atom is -0.292 e. The summed E-state index contributed by atoms with van der Waals surface area (Å²) in [4.78, 5) is 31.9. The first kappa shape index (κ1) is 19.1. The summed E-state index contributed by atoms with van der Waals surface area (Å²) in [6.07, 6.45) is 1.45. The lowest BCUT2D eigenvalue weighted by atomic mass is 10.0. The Labute approximate surface area is 178 Å². The summed E-state index contributed by atoms with van der Waals surface area (Å²) >= 11 is 10.8. The van der Waals surface area contributed by atoms with E-state index in [1.807, 2.05) is 19.1 Å². The summed E-state index contributed by atoms with van der Waals surface area (Å²) in [5.74, 6) is -0.143. The largest absolute Gasteiger partial charge is 0.292 e. The van der Waals surface area contributed by atoms with E-state index >= 15 is 0 Å². The lowest BCUT2D eigenvalue weighted by Gasteiger charge is -2.07. The third kappa shape index (κ3) is 3.55. The van der Waals surface area contributed by atoms with Crippen LogP contribution in [-0.2, 0) is 6.54 Å². The van der Waals surface area contributed by atoms with Gasteiger partial charge < -0.3 is 0 Å². The van der Waals surface area contributed by atoms with Crippen molar-refractivity contribution in [3.63, 3.8) is 0 Å². The maximum Gasteiger partial charge on any atom is 0.263 e. The molecule has 4 rings (SSSR count). The van der Waals surface area contributed by atoms with Gasteiger partial charge in [0, 0.05) is 25.5 Å². The van der Waals surface area contributed by atoms with Gasteiger partial charge in [0.2, 0.25) is 0 Å². The van der Waals surface area contributed by atoms with Gasteiger partial charge in [0.05, 0.1) is 18.3 Å². The van der Waals surface area contributed by atoms with Crippen LogP contribution in [0.5, 0.6) is 0 Å². The first-order chi connectivity index (χ1) is 13.4. The van der Waals surface area contributed by atoms with Crippen LogP contribution in [0.1, 0.15) is 15.2 Å². The zero-order valence-corrected chi connectivity index (χ0v) is 17.9. The molecule has 7 heteroatoms. The highest BCUT2D eigenvalue weighted by molar-refractivity contribution is 9.10. The number of Topliss-reactive ketones (excluding diaryl/α,β-unsaturated/α-hetero) is 1. The smallest absolute Gasteiger partial charge is 0.263 e. The van der Waals surface area contributed by atoms with E-state index in [-0.39, 0.29) is 17.9 Å². The number of fused-ring (bicyclic) bond motifs is 1. The molecule has 0 aliphatic heterocycles. The van der Waals surface area contributed by atoms with Gasteiger partial charge in [0.25, 0.3) is 5.56 Å². The Bertz CT molecular complexity index is 1240. The van der Waals surface area contributed by atoms with Gasteiger partial charge in [-0.05, 0) is 36.8 Å². The van der Waals surface area contributed by atoms with E-state index in [1.165, 1.54) is 22.2 Å². The number of aryl methyl sites for hydroxylation is 1. The molecule has 0 fully saturated rings. The highest BCUT2D eigenvalue weighted by Crippen LogP contribution is 2.35. The fourth-order valence-electron chi connectivity index (χ4n) is 3.10. The molecule has 140 valence electrons. The highest BCUT2D eigenvalue weighted by atomic mass is 79.9. The van der Waals surface area contributed by atoms with E-state index in [4.69, 9.17) is 11.6 Å². The number of hydrogen-bond donors (Lipinski definition) is 0. The number of nitrogens with zero attached hydrogens (tertiary/aromatic N) is 2. The fourth-order valence-corrected chi connectivity index (χ4v) is 4.49. The number of carbonyl (C=O) groups excluding carboxylic acids is 1. The van der Waals surface area contributed by atoms with Crippen LogP contribution in [0.15, 0.2) is 64.1 Å². The van der Waals surface area contributed by atoms with Crippen LogP contribution in [-0.4, -0.2) is 15.3 Å². The molecular weight excluding hydrogens is 460 g/mol. The van der Waals surface area contributed by atoms with Gasteiger partial charge in [0.15, 0.2) is 5.78 Å². The van der Waals surface area contributed by atoms with E-state index < -0.39 is 0 Å². The fraction of sp³-hybridized carbons (Fsp3) is 0.0952. The Morgan fingerprint density at radius 3 is 2.50 bits per heavy atom. The molecule has 0 saturated heterocycles. The average molecular weight is 474 g/mol. The van der Waals surface area contributed by atoms with E-state index in [0.717, 1.165) is 20.5 Å². The normalized spacial score (nSPS) is 11.1. The summed E-state index contributed by atoms with van der Waals surface area (Å²) < 4.78 is 2.27. The predicted molar refractivity (Wildman–Crippen MR) is 118 cm³/mol. The summed E-state index contributed by atoms with van der Waals surface area (Å²) in [6.45, 7) is 1.91. The van der Waals surface area contributed by atoms with Crippen LogP contribution in [0.2, 0.25) is 5.02 Å². The Hall–Kier alpha value is -2.28. The summed E-state index contributed by atoms with van der Waals surface area (Å²) in [6, 6.07) is 14.4. The van der Waals surface area contributed by atoms with Crippen LogP contribution in [0.3, 0.4) is 0 Å². The second-order valence-electron chi connectivity index (χ2n) is 6.33. The van der Waals surface area contributed by atoms with Crippen LogP contribution in [0.4, 0.5) is 0 Å². The number of rotatable bonds is 4. The maximum atomic E-state index is 13.2. The van der Waals surface area contributed by atoms with Crippen molar-refractivity contribution in [2.45, 2.75) is 13.5 Å². The molecule has 4 nitrogen and oxygen atoms in total. The van der Waals surface area contributed by atoms with Crippen molar-refractivity contribution in [1.29, 1.82) is 0 Å². The first-order valence-electron chi connectivity index (χ1n) is 8.47. The Morgan fingerprint density at radius 2 is 1.82 bits per heavy atom. The van der Waals surface area contributed by atoms with E-state index in [2.05, 4.69) is 20.9 Å². The predicted octanol–water partition coefficient (Wildman–Crippen LogP) is 5.73. The molecular formula is C21H14BrClN2O2S. The van der Waals surface area contributed by atoms with Crippen molar-refractivity contribution < 1.29 is 4.79 Å². The molecule has 0 atom stereocenters. The van der Waals surface area contributed by atoms with Crippen LogP contribution in [0.25, 0.3) is 21.3 Å². The minimum absolute atomic E-state index is 0.0572. The third-order valence-electron chi connectivity index (χ3n) is 4.47. The molecule has 0 aliphatic carbocycles. The van der Waals surface area contributed by atoms with Crippen LogP contribution < -0.4 is 5.56 Å².